The van der Waals surface area contributed by atoms with Gasteiger partial charge in [-0.2, -0.15) is 5.10 Å². The highest BCUT2D eigenvalue weighted by atomic mass is 32.1. The van der Waals surface area contributed by atoms with Gasteiger partial charge in [0, 0.05) is 74.2 Å². The third-order valence-electron chi connectivity index (χ3n) is 5.90. The molecule has 4 rings (SSSR count). The molecule has 0 amide bonds. The molecular weight excluding hydrogens is 398 g/mol. The average Bonchev–Trinajstić information content (AvgIpc) is 2.94. The fourth-order valence-corrected chi connectivity index (χ4v) is 4.28. The van der Waals surface area contributed by atoms with E-state index in [-0.39, 0.29) is 5.63 Å². The van der Waals surface area contributed by atoms with E-state index in [0.717, 1.165) is 55.1 Å². The minimum atomic E-state index is -0.338. The Labute approximate surface area is 181 Å². The predicted octanol–water partition coefficient (Wildman–Crippen LogP) is 2.97. The number of hydrogen-bond acceptors (Lipinski definition) is 5. The first-order valence-electron chi connectivity index (χ1n) is 10.1. The van der Waals surface area contributed by atoms with E-state index in [2.05, 4.69) is 34.1 Å². The van der Waals surface area contributed by atoms with Gasteiger partial charge >= 0.3 is 5.63 Å². The van der Waals surface area contributed by atoms with Crippen LogP contribution < -0.4 is 10.9 Å². The molecule has 1 aliphatic rings. The summed E-state index contributed by atoms with van der Waals surface area (Å²) in [6.07, 6.45) is 0. The van der Waals surface area contributed by atoms with Crippen LogP contribution in [-0.4, -0.2) is 50.9 Å². The Bertz CT molecular complexity index is 1160. The number of aryl methyl sites for hydroxylation is 3. The van der Waals surface area contributed by atoms with E-state index in [1.165, 1.54) is 17.3 Å². The Hall–Kier alpha value is -2.71. The monoisotopic (exact) mass is 425 g/mol. The molecule has 7 nitrogen and oxygen atoms in total. The Morgan fingerprint density at radius 1 is 1.17 bits per heavy atom. The minimum Gasteiger partial charge on any atom is -0.423 e. The van der Waals surface area contributed by atoms with E-state index in [0.29, 0.717) is 10.7 Å². The smallest absolute Gasteiger partial charge is 0.336 e. The lowest BCUT2D eigenvalue weighted by Gasteiger charge is -2.36. The van der Waals surface area contributed by atoms with Gasteiger partial charge in [0.05, 0.1) is 5.69 Å². The summed E-state index contributed by atoms with van der Waals surface area (Å²) in [6.45, 7) is 10.6. The molecule has 1 saturated heterocycles. The van der Waals surface area contributed by atoms with Crippen molar-refractivity contribution in [3.63, 3.8) is 0 Å². The first kappa shape index (κ1) is 20.6. The molecule has 0 spiro atoms. The number of nitrogens with one attached hydrogen (secondary N) is 1. The fourth-order valence-electron chi connectivity index (χ4n) is 3.98. The van der Waals surface area contributed by atoms with Crippen LogP contribution in [0.2, 0.25) is 0 Å². The molecule has 8 heteroatoms. The summed E-state index contributed by atoms with van der Waals surface area (Å²) in [5.74, 6) is 0. The molecule has 0 aliphatic carbocycles. The molecule has 158 valence electrons. The van der Waals surface area contributed by atoms with Crippen molar-refractivity contribution < 1.29 is 4.42 Å². The van der Waals surface area contributed by atoms with E-state index in [1.807, 2.05) is 36.9 Å². The van der Waals surface area contributed by atoms with Crippen molar-refractivity contribution >= 4 is 34.0 Å². The number of rotatable bonds is 3. The molecule has 1 N–H and O–H groups in total. The Morgan fingerprint density at radius 3 is 2.57 bits per heavy atom. The number of benzene rings is 1. The number of fused-ring (bicyclic) bond motifs is 1. The van der Waals surface area contributed by atoms with Crippen molar-refractivity contribution in [3.05, 3.63) is 57.2 Å². The molecule has 1 fully saturated rings. The molecule has 0 saturated carbocycles. The number of piperazine rings is 1. The standard InChI is InChI=1S/C22H27N5O2S/c1-14-11-21(28)29-20-12-17(5-6-18(14)20)23-22(30)27-9-7-26(8-10-27)13-19-15(2)24-25(4)16(19)3/h5-6,11-12H,7-10,13H2,1-4H3,(H,23,30). The van der Waals surface area contributed by atoms with Crippen molar-refractivity contribution in [2.45, 2.75) is 27.3 Å². The number of nitrogens with zero attached hydrogens (tertiary/aromatic N) is 4. The van der Waals surface area contributed by atoms with Crippen molar-refractivity contribution in [2.75, 3.05) is 31.5 Å². The number of thiocarbonyl (C=S) groups is 1. The second-order valence-electron chi connectivity index (χ2n) is 7.93. The van der Waals surface area contributed by atoms with Gasteiger partial charge < -0.3 is 14.6 Å². The molecule has 2 aromatic heterocycles. The molecule has 1 aromatic carbocycles. The van der Waals surface area contributed by atoms with Gasteiger partial charge in [0.15, 0.2) is 5.11 Å². The maximum absolute atomic E-state index is 11.7. The maximum Gasteiger partial charge on any atom is 0.336 e. The van der Waals surface area contributed by atoms with E-state index < -0.39 is 0 Å². The molecule has 3 aromatic rings. The Morgan fingerprint density at radius 2 is 1.90 bits per heavy atom. The Kier molecular flexibility index (Phi) is 5.62. The largest absolute Gasteiger partial charge is 0.423 e. The summed E-state index contributed by atoms with van der Waals surface area (Å²) in [5.41, 5.74) is 5.61. The van der Waals surface area contributed by atoms with Crippen molar-refractivity contribution in [3.8, 4) is 0 Å². The molecule has 1 aliphatic heterocycles. The van der Waals surface area contributed by atoms with Crippen LogP contribution in [0.5, 0.6) is 0 Å². The van der Waals surface area contributed by atoms with Crippen LogP contribution in [0.4, 0.5) is 5.69 Å². The van der Waals surface area contributed by atoms with Gasteiger partial charge in [-0.3, -0.25) is 9.58 Å². The molecule has 0 atom stereocenters. The molecule has 30 heavy (non-hydrogen) atoms. The van der Waals surface area contributed by atoms with Gasteiger partial charge in [-0.05, 0) is 50.7 Å². The van der Waals surface area contributed by atoms with Crippen molar-refractivity contribution in [2.24, 2.45) is 7.05 Å². The highest BCUT2D eigenvalue weighted by Crippen LogP contribution is 2.21. The first-order chi connectivity index (χ1) is 14.3. The molecule has 0 unspecified atom stereocenters. The van der Waals surface area contributed by atoms with E-state index in [1.54, 1.807) is 0 Å². The molecule has 3 heterocycles. The van der Waals surface area contributed by atoms with Crippen LogP contribution in [0.25, 0.3) is 11.0 Å². The minimum absolute atomic E-state index is 0.338. The second-order valence-corrected chi connectivity index (χ2v) is 8.31. The van der Waals surface area contributed by atoms with Crippen LogP contribution >= 0.6 is 12.2 Å². The zero-order chi connectivity index (χ0) is 21.4. The van der Waals surface area contributed by atoms with Crippen molar-refractivity contribution in [1.82, 2.24) is 19.6 Å². The Balaban J connectivity index is 1.37. The topological polar surface area (TPSA) is 66.5 Å². The maximum atomic E-state index is 11.7. The number of hydrogen-bond donors (Lipinski definition) is 1. The van der Waals surface area contributed by atoms with Crippen LogP contribution in [0.15, 0.2) is 33.5 Å². The summed E-state index contributed by atoms with van der Waals surface area (Å²) in [6, 6.07) is 7.26. The number of aromatic nitrogens is 2. The van der Waals surface area contributed by atoms with Gasteiger partial charge in [0.2, 0.25) is 0 Å². The second kappa shape index (κ2) is 8.20. The van der Waals surface area contributed by atoms with E-state index in [9.17, 15) is 4.79 Å². The summed E-state index contributed by atoms with van der Waals surface area (Å²) >= 11 is 5.63. The SMILES string of the molecule is Cc1nn(C)c(C)c1CN1CCN(C(=S)Nc2ccc3c(C)cc(=O)oc3c2)CC1. The molecule has 0 radical (unpaired) electrons. The third kappa shape index (κ3) is 4.11. The lowest BCUT2D eigenvalue weighted by Crippen LogP contribution is -2.49. The lowest BCUT2D eigenvalue weighted by atomic mass is 10.1. The molecule has 0 bridgehead atoms. The summed E-state index contributed by atoms with van der Waals surface area (Å²) < 4.78 is 7.29. The zero-order valence-corrected chi connectivity index (χ0v) is 18.7. The highest BCUT2D eigenvalue weighted by Gasteiger charge is 2.21. The lowest BCUT2D eigenvalue weighted by molar-refractivity contribution is 0.176. The van der Waals surface area contributed by atoms with Crippen LogP contribution in [0.1, 0.15) is 22.5 Å². The average molecular weight is 426 g/mol. The third-order valence-corrected chi connectivity index (χ3v) is 6.26. The summed E-state index contributed by atoms with van der Waals surface area (Å²) in [5, 5.41) is 9.44. The first-order valence-corrected chi connectivity index (χ1v) is 10.5. The van der Waals surface area contributed by atoms with Gasteiger partial charge in [0.25, 0.3) is 0 Å². The van der Waals surface area contributed by atoms with Gasteiger partial charge in [-0.25, -0.2) is 4.79 Å². The van der Waals surface area contributed by atoms with Crippen LogP contribution in [-0.2, 0) is 13.6 Å². The molecular formula is C22H27N5O2S. The number of anilines is 1. The van der Waals surface area contributed by atoms with Crippen LogP contribution in [0.3, 0.4) is 0 Å². The quantitative estimate of drug-likeness (QED) is 0.511. The van der Waals surface area contributed by atoms with E-state index in [4.69, 9.17) is 16.6 Å². The van der Waals surface area contributed by atoms with E-state index >= 15 is 0 Å². The van der Waals surface area contributed by atoms with Gasteiger partial charge in [-0.1, -0.05) is 0 Å². The zero-order valence-electron chi connectivity index (χ0n) is 17.9. The fraction of sp³-hybridized carbons (Fsp3) is 0.409. The normalized spacial score (nSPS) is 15.0. The predicted molar refractivity (Wildman–Crippen MR) is 123 cm³/mol. The van der Waals surface area contributed by atoms with Crippen molar-refractivity contribution in [1.29, 1.82) is 0 Å². The van der Waals surface area contributed by atoms with Crippen LogP contribution in [0, 0.1) is 20.8 Å². The summed E-state index contributed by atoms with van der Waals surface area (Å²) in [4.78, 5) is 16.3. The summed E-state index contributed by atoms with van der Waals surface area (Å²) in [7, 11) is 1.99. The van der Waals surface area contributed by atoms with Gasteiger partial charge in [-0.15, -0.1) is 0 Å². The van der Waals surface area contributed by atoms with Gasteiger partial charge in [0.1, 0.15) is 5.58 Å². The highest BCUT2D eigenvalue weighted by molar-refractivity contribution is 7.80.